The smallest absolute Gasteiger partial charge is 0.255 e. The van der Waals surface area contributed by atoms with Crippen molar-refractivity contribution in [3.05, 3.63) is 82.9 Å². The first-order chi connectivity index (χ1) is 15.0. The Hall–Kier alpha value is -2.87. The lowest BCUT2D eigenvalue weighted by molar-refractivity contribution is -0.113. The number of carbonyl (C=O) groups excluding carboxylic acids is 2. The van der Waals surface area contributed by atoms with Gasteiger partial charge in [-0.25, -0.2) is 4.98 Å². The highest BCUT2D eigenvalue weighted by atomic mass is 35.5. The number of benzene rings is 3. The van der Waals surface area contributed by atoms with Gasteiger partial charge in [-0.2, -0.15) is 0 Å². The van der Waals surface area contributed by atoms with Gasteiger partial charge in [-0.1, -0.05) is 47.6 Å². The number of amides is 2. The Morgan fingerprint density at radius 2 is 1.84 bits per heavy atom. The first-order valence-corrected chi connectivity index (χ1v) is 11.6. The van der Waals surface area contributed by atoms with E-state index in [2.05, 4.69) is 15.6 Å². The van der Waals surface area contributed by atoms with Crippen LogP contribution in [0.1, 0.15) is 15.9 Å². The summed E-state index contributed by atoms with van der Waals surface area (Å²) in [5.41, 5.74) is 3.69. The topological polar surface area (TPSA) is 71.1 Å². The molecule has 4 aromatic rings. The van der Waals surface area contributed by atoms with Crippen molar-refractivity contribution in [1.82, 2.24) is 4.98 Å². The summed E-state index contributed by atoms with van der Waals surface area (Å²) in [5, 5.41) is 6.41. The van der Waals surface area contributed by atoms with Gasteiger partial charge in [0.25, 0.3) is 5.91 Å². The van der Waals surface area contributed by atoms with Crippen molar-refractivity contribution in [2.45, 2.75) is 11.3 Å². The van der Waals surface area contributed by atoms with Gasteiger partial charge in [-0.15, -0.1) is 11.3 Å². The minimum absolute atomic E-state index is 0.120. The molecule has 0 saturated carbocycles. The number of aromatic nitrogens is 1. The van der Waals surface area contributed by atoms with Crippen molar-refractivity contribution in [2.24, 2.45) is 0 Å². The minimum Gasteiger partial charge on any atom is -0.325 e. The van der Waals surface area contributed by atoms with Gasteiger partial charge in [0, 0.05) is 22.0 Å². The first kappa shape index (κ1) is 21.4. The molecule has 0 aliphatic heterocycles. The number of hydrogen-bond donors (Lipinski definition) is 2. The Bertz CT molecular complexity index is 1260. The molecular weight excluding hydrogens is 450 g/mol. The van der Waals surface area contributed by atoms with E-state index in [9.17, 15) is 9.59 Å². The van der Waals surface area contributed by atoms with Crippen LogP contribution in [0.3, 0.4) is 0 Å². The largest absolute Gasteiger partial charge is 0.325 e. The second kappa shape index (κ2) is 9.51. The van der Waals surface area contributed by atoms with E-state index in [0.717, 1.165) is 20.1 Å². The zero-order valence-corrected chi connectivity index (χ0v) is 18.9. The van der Waals surface area contributed by atoms with E-state index in [1.165, 1.54) is 23.1 Å². The van der Waals surface area contributed by atoms with Gasteiger partial charge in [0.15, 0.2) is 4.34 Å². The SMILES string of the molecule is Cc1c(Cl)cccc1NC(=O)CSc1nc2ccc(NC(=O)c3ccccc3)cc2s1. The van der Waals surface area contributed by atoms with Crippen molar-refractivity contribution in [1.29, 1.82) is 0 Å². The third kappa shape index (κ3) is 5.25. The van der Waals surface area contributed by atoms with Crippen LogP contribution < -0.4 is 10.6 Å². The predicted molar refractivity (Wildman–Crippen MR) is 130 cm³/mol. The number of rotatable bonds is 6. The summed E-state index contributed by atoms with van der Waals surface area (Å²) in [6, 6.07) is 20.1. The van der Waals surface area contributed by atoms with Crippen molar-refractivity contribution in [3.63, 3.8) is 0 Å². The maximum Gasteiger partial charge on any atom is 0.255 e. The van der Waals surface area contributed by atoms with Gasteiger partial charge < -0.3 is 10.6 Å². The lowest BCUT2D eigenvalue weighted by atomic mass is 10.2. The number of nitrogens with zero attached hydrogens (tertiary/aromatic N) is 1. The monoisotopic (exact) mass is 467 g/mol. The van der Waals surface area contributed by atoms with Crippen LogP contribution in [0.25, 0.3) is 10.2 Å². The molecule has 0 atom stereocenters. The van der Waals surface area contributed by atoms with E-state index in [4.69, 9.17) is 11.6 Å². The van der Waals surface area contributed by atoms with E-state index in [-0.39, 0.29) is 17.6 Å². The van der Waals surface area contributed by atoms with Crippen molar-refractivity contribution < 1.29 is 9.59 Å². The molecule has 156 valence electrons. The zero-order valence-electron chi connectivity index (χ0n) is 16.5. The fraction of sp³-hybridized carbons (Fsp3) is 0.0870. The van der Waals surface area contributed by atoms with Crippen LogP contribution in [0.5, 0.6) is 0 Å². The highest BCUT2D eigenvalue weighted by Gasteiger charge is 2.11. The van der Waals surface area contributed by atoms with Gasteiger partial charge in [-0.05, 0) is 55.0 Å². The van der Waals surface area contributed by atoms with Gasteiger partial charge in [0.1, 0.15) is 0 Å². The van der Waals surface area contributed by atoms with Crippen molar-refractivity contribution >= 4 is 68.1 Å². The Labute approximate surface area is 192 Å². The molecule has 4 rings (SSSR count). The van der Waals surface area contributed by atoms with E-state index >= 15 is 0 Å². The summed E-state index contributed by atoms with van der Waals surface area (Å²) in [7, 11) is 0. The molecule has 0 unspecified atom stereocenters. The van der Waals surface area contributed by atoms with Crippen LogP contribution in [0.4, 0.5) is 11.4 Å². The maximum atomic E-state index is 12.3. The summed E-state index contributed by atoms with van der Waals surface area (Å²) < 4.78 is 1.74. The second-order valence-electron chi connectivity index (χ2n) is 6.73. The lowest BCUT2D eigenvalue weighted by Gasteiger charge is -2.08. The molecule has 2 amide bonds. The van der Waals surface area contributed by atoms with Crippen LogP contribution >= 0.6 is 34.7 Å². The molecule has 31 heavy (non-hydrogen) atoms. The molecule has 0 radical (unpaired) electrons. The van der Waals surface area contributed by atoms with Crippen LogP contribution in [0, 0.1) is 6.92 Å². The molecule has 1 heterocycles. The first-order valence-electron chi connectivity index (χ1n) is 9.44. The Morgan fingerprint density at radius 3 is 2.65 bits per heavy atom. The normalized spacial score (nSPS) is 10.8. The van der Waals surface area contributed by atoms with Crippen molar-refractivity contribution in [3.8, 4) is 0 Å². The van der Waals surface area contributed by atoms with Gasteiger partial charge in [0.05, 0.1) is 16.0 Å². The molecule has 3 aromatic carbocycles. The number of thioether (sulfide) groups is 1. The number of hydrogen-bond acceptors (Lipinski definition) is 5. The van der Waals surface area contributed by atoms with Crippen LogP contribution in [-0.2, 0) is 4.79 Å². The summed E-state index contributed by atoms with van der Waals surface area (Å²) in [6.45, 7) is 1.87. The molecule has 0 aliphatic carbocycles. The van der Waals surface area contributed by atoms with E-state index in [1.807, 2.05) is 49.4 Å². The number of carbonyl (C=O) groups is 2. The summed E-state index contributed by atoms with van der Waals surface area (Å²) in [5.74, 6) is -0.0407. The maximum absolute atomic E-state index is 12.3. The summed E-state index contributed by atoms with van der Waals surface area (Å²) >= 11 is 8.97. The van der Waals surface area contributed by atoms with Crippen LogP contribution in [0.15, 0.2) is 71.1 Å². The van der Waals surface area contributed by atoms with Crippen LogP contribution in [-0.4, -0.2) is 22.6 Å². The molecule has 1 aromatic heterocycles. The summed E-state index contributed by atoms with van der Waals surface area (Å²) in [6.07, 6.45) is 0. The molecule has 0 bridgehead atoms. The highest BCUT2D eigenvalue weighted by Crippen LogP contribution is 2.31. The number of nitrogens with one attached hydrogen (secondary N) is 2. The minimum atomic E-state index is -0.160. The van der Waals surface area contributed by atoms with Crippen LogP contribution in [0.2, 0.25) is 5.02 Å². The van der Waals surface area contributed by atoms with E-state index in [0.29, 0.717) is 22.0 Å². The molecule has 0 spiro atoms. The molecule has 5 nitrogen and oxygen atoms in total. The number of thiazole rings is 1. The fourth-order valence-corrected chi connectivity index (χ4v) is 4.97. The number of halogens is 1. The van der Waals surface area contributed by atoms with Crippen molar-refractivity contribution in [2.75, 3.05) is 16.4 Å². The molecule has 2 N–H and O–H groups in total. The molecule has 0 fully saturated rings. The van der Waals surface area contributed by atoms with E-state index in [1.54, 1.807) is 24.3 Å². The highest BCUT2D eigenvalue weighted by molar-refractivity contribution is 8.01. The summed E-state index contributed by atoms with van der Waals surface area (Å²) in [4.78, 5) is 29.2. The molecule has 8 heteroatoms. The number of fused-ring (bicyclic) bond motifs is 1. The van der Waals surface area contributed by atoms with E-state index < -0.39 is 0 Å². The van der Waals surface area contributed by atoms with Gasteiger partial charge >= 0.3 is 0 Å². The molecule has 0 aliphatic rings. The standard InChI is InChI=1S/C23H18ClN3O2S2/c1-14-17(24)8-5-9-18(14)26-21(28)13-30-23-27-19-11-10-16(12-20(19)31-23)25-22(29)15-6-3-2-4-7-15/h2-12H,13H2,1H3,(H,25,29)(H,26,28). The second-order valence-corrected chi connectivity index (χ2v) is 9.39. The molecule has 0 saturated heterocycles. The fourth-order valence-electron chi connectivity index (χ4n) is 2.89. The zero-order chi connectivity index (χ0) is 21.8. The number of anilines is 2. The Balaban J connectivity index is 1.39. The Morgan fingerprint density at radius 1 is 1.03 bits per heavy atom. The quantitative estimate of drug-likeness (QED) is 0.329. The van der Waals surface area contributed by atoms with Gasteiger partial charge in [0.2, 0.25) is 5.91 Å². The average Bonchev–Trinajstić information content (AvgIpc) is 3.18. The predicted octanol–water partition coefficient (Wildman–Crippen LogP) is 6.24. The average molecular weight is 468 g/mol. The molecular formula is C23H18ClN3O2S2. The third-order valence-corrected chi connectivity index (χ3v) is 7.10. The van der Waals surface area contributed by atoms with Gasteiger partial charge in [-0.3, -0.25) is 9.59 Å². The Kier molecular flexibility index (Phi) is 6.56. The lowest BCUT2D eigenvalue weighted by Crippen LogP contribution is -2.14. The third-order valence-electron chi connectivity index (χ3n) is 4.53.